The number of hydrogen-bond acceptors (Lipinski definition) is 3. The van der Waals surface area contributed by atoms with Gasteiger partial charge in [0.25, 0.3) is 0 Å². The van der Waals surface area contributed by atoms with Crippen molar-refractivity contribution in [2.75, 3.05) is 0 Å². The zero-order chi connectivity index (χ0) is 20.4. The maximum Gasteiger partial charge on any atom is 0.303 e. The largest absolute Gasteiger partial charge is 0.481 e. The van der Waals surface area contributed by atoms with Crippen LogP contribution in [0.4, 0.5) is 0 Å². The molecule has 0 saturated heterocycles. The number of halogens is 1. The number of carbonyl (C=O) groups is 1. The molecule has 2 N–H and O–H groups in total. The van der Waals surface area contributed by atoms with E-state index in [9.17, 15) is 13.2 Å². The Balaban J connectivity index is 1.96. The van der Waals surface area contributed by atoms with E-state index in [4.69, 9.17) is 16.7 Å². The zero-order valence-corrected chi connectivity index (χ0v) is 17.3. The maximum atomic E-state index is 12.8. The topological polar surface area (TPSA) is 83.5 Å². The summed E-state index contributed by atoms with van der Waals surface area (Å²) in [6.45, 7) is 0. The molecule has 0 heterocycles. The fraction of sp³-hybridized carbons (Fsp3) is 0.381. The predicted octanol–water partition coefficient (Wildman–Crippen LogP) is 5.17. The van der Waals surface area contributed by atoms with Gasteiger partial charge in [0, 0.05) is 17.5 Å². The summed E-state index contributed by atoms with van der Waals surface area (Å²) >= 11 is 5.85. The summed E-state index contributed by atoms with van der Waals surface area (Å²) < 4.78 is 28.3. The number of nitrogens with one attached hydrogen (secondary N) is 1. The molecule has 0 amide bonds. The van der Waals surface area contributed by atoms with Gasteiger partial charge in [-0.3, -0.25) is 4.79 Å². The molecule has 0 bridgehead atoms. The second-order valence-corrected chi connectivity index (χ2v) is 8.89. The van der Waals surface area contributed by atoms with E-state index >= 15 is 0 Å². The molecule has 1 atom stereocenters. The minimum absolute atomic E-state index is 0.187. The molecular formula is C21H26ClNO4S. The Bertz CT molecular complexity index is 838. The number of benzene rings is 2. The van der Waals surface area contributed by atoms with Crippen molar-refractivity contribution in [3.05, 3.63) is 65.2 Å². The Morgan fingerprint density at radius 2 is 1.54 bits per heavy atom. The number of rotatable bonds is 12. The Morgan fingerprint density at radius 1 is 0.929 bits per heavy atom. The van der Waals surface area contributed by atoms with Crippen LogP contribution in [0.3, 0.4) is 0 Å². The van der Waals surface area contributed by atoms with E-state index in [1.54, 1.807) is 12.1 Å². The van der Waals surface area contributed by atoms with Crippen molar-refractivity contribution in [1.29, 1.82) is 0 Å². The average molecular weight is 424 g/mol. The van der Waals surface area contributed by atoms with E-state index < -0.39 is 16.0 Å². The molecule has 0 aromatic heterocycles. The molecule has 152 valence electrons. The Hall–Kier alpha value is -1.89. The molecule has 0 spiro atoms. The first-order valence-electron chi connectivity index (χ1n) is 9.43. The van der Waals surface area contributed by atoms with Crippen LogP contribution < -0.4 is 4.72 Å². The first kappa shape index (κ1) is 22.4. The third kappa shape index (κ3) is 7.62. The quantitative estimate of drug-likeness (QED) is 0.461. The van der Waals surface area contributed by atoms with E-state index in [1.165, 1.54) is 12.1 Å². The smallest absolute Gasteiger partial charge is 0.303 e. The van der Waals surface area contributed by atoms with E-state index in [0.29, 0.717) is 17.9 Å². The first-order chi connectivity index (χ1) is 13.4. The highest BCUT2D eigenvalue weighted by Crippen LogP contribution is 2.24. The molecular weight excluding hydrogens is 398 g/mol. The Labute approximate surface area is 171 Å². The van der Waals surface area contributed by atoms with Gasteiger partial charge in [0.15, 0.2) is 0 Å². The van der Waals surface area contributed by atoms with Crippen LogP contribution in [0.1, 0.15) is 56.6 Å². The summed E-state index contributed by atoms with van der Waals surface area (Å²) in [5.74, 6) is -0.763. The minimum atomic E-state index is -3.66. The summed E-state index contributed by atoms with van der Waals surface area (Å²) in [5, 5.41) is 9.15. The maximum absolute atomic E-state index is 12.8. The molecule has 2 aromatic carbocycles. The molecule has 28 heavy (non-hydrogen) atoms. The highest BCUT2D eigenvalue weighted by molar-refractivity contribution is 7.89. The zero-order valence-electron chi connectivity index (χ0n) is 15.7. The van der Waals surface area contributed by atoms with E-state index in [-0.39, 0.29) is 17.4 Å². The van der Waals surface area contributed by atoms with E-state index in [0.717, 1.165) is 31.2 Å². The summed E-state index contributed by atoms with van der Waals surface area (Å²) in [7, 11) is -3.66. The summed E-state index contributed by atoms with van der Waals surface area (Å²) in [4.78, 5) is 10.7. The number of unbranched alkanes of at least 4 members (excludes halogenated alkanes) is 4. The predicted molar refractivity (Wildman–Crippen MR) is 111 cm³/mol. The summed E-state index contributed by atoms with van der Waals surface area (Å²) in [6.07, 6.45) is 5.17. The van der Waals surface area contributed by atoms with Crippen molar-refractivity contribution < 1.29 is 18.3 Å². The normalized spacial score (nSPS) is 12.6. The molecule has 5 nitrogen and oxygen atoms in total. The lowest BCUT2D eigenvalue weighted by Gasteiger charge is -2.19. The monoisotopic (exact) mass is 423 g/mol. The van der Waals surface area contributed by atoms with E-state index in [1.807, 2.05) is 30.3 Å². The second kappa shape index (κ2) is 11.2. The van der Waals surface area contributed by atoms with Crippen LogP contribution in [0.5, 0.6) is 0 Å². The Kier molecular flexibility index (Phi) is 8.96. The Morgan fingerprint density at radius 3 is 2.18 bits per heavy atom. The number of sulfonamides is 1. The number of aliphatic carboxylic acids is 1. The summed E-state index contributed by atoms with van der Waals surface area (Å²) in [6, 6.07) is 15.3. The van der Waals surface area contributed by atoms with Crippen molar-refractivity contribution in [3.8, 4) is 0 Å². The van der Waals surface area contributed by atoms with Crippen LogP contribution in [-0.2, 0) is 14.8 Å². The number of carboxylic acid groups (broad SMARTS) is 1. The van der Waals surface area contributed by atoms with Gasteiger partial charge in [0.05, 0.1) is 4.90 Å². The fourth-order valence-corrected chi connectivity index (χ4v) is 4.39. The van der Waals surface area contributed by atoms with Crippen LogP contribution in [-0.4, -0.2) is 19.5 Å². The van der Waals surface area contributed by atoms with Gasteiger partial charge in [-0.15, -0.1) is 0 Å². The van der Waals surface area contributed by atoms with Crippen LogP contribution >= 0.6 is 11.6 Å². The van der Waals surface area contributed by atoms with Crippen molar-refractivity contribution in [3.63, 3.8) is 0 Å². The highest BCUT2D eigenvalue weighted by atomic mass is 35.5. The van der Waals surface area contributed by atoms with Gasteiger partial charge in [-0.2, -0.15) is 0 Å². The SMILES string of the molecule is O=C(O)CCCCCCCC(NS(=O)(=O)c1ccc(Cl)cc1)c1ccccc1. The summed E-state index contributed by atoms with van der Waals surface area (Å²) in [5.41, 5.74) is 0.922. The first-order valence-corrected chi connectivity index (χ1v) is 11.3. The third-order valence-corrected chi connectivity index (χ3v) is 6.25. The highest BCUT2D eigenvalue weighted by Gasteiger charge is 2.21. The van der Waals surface area contributed by atoms with Gasteiger partial charge in [0.1, 0.15) is 0 Å². The lowest BCUT2D eigenvalue weighted by Crippen LogP contribution is -2.28. The van der Waals surface area contributed by atoms with E-state index in [2.05, 4.69) is 4.72 Å². The van der Waals surface area contributed by atoms with Gasteiger partial charge in [0.2, 0.25) is 10.0 Å². The van der Waals surface area contributed by atoms with Gasteiger partial charge in [-0.25, -0.2) is 13.1 Å². The van der Waals surface area contributed by atoms with Crippen LogP contribution in [0.25, 0.3) is 0 Å². The molecule has 0 aliphatic carbocycles. The van der Waals surface area contributed by atoms with Gasteiger partial charge in [-0.05, 0) is 42.7 Å². The molecule has 0 radical (unpaired) electrons. The minimum Gasteiger partial charge on any atom is -0.481 e. The fourth-order valence-electron chi connectivity index (χ4n) is 3.00. The molecule has 2 aromatic rings. The lowest BCUT2D eigenvalue weighted by atomic mass is 10.0. The van der Waals surface area contributed by atoms with Crippen LogP contribution in [0.15, 0.2) is 59.5 Å². The van der Waals surface area contributed by atoms with Crippen LogP contribution in [0.2, 0.25) is 5.02 Å². The standard InChI is InChI=1S/C21H26ClNO4S/c22-18-13-15-19(16-14-18)28(26,27)23-20(17-9-5-4-6-10-17)11-7-2-1-3-8-12-21(24)25/h4-6,9-10,13-16,20,23H,1-3,7-8,11-12H2,(H,24,25). The van der Waals surface area contributed by atoms with Crippen LogP contribution in [0, 0.1) is 0 Å². The molecule has 0 aliphatic heterocycles. The van der Waals surface area contributed by atoms with Crippen molar-refractivity contribution in [2.45, 2.75) is 55.9 Å². The van der Waals surface area contributed by atoms with Crippen molar-refractivity contribution in [2.24, 2.45) is 0 Å². The van der Waals surface area contributed by atoms with Gasteiger partial charge < -0.3 is 5.11 Å². The molecule has 7 heteroatoms. The van der Waals surface area contributed by atoms with Gasteiger partial charge in [-0.1, -0.05) is 67.6 Å². The number of hydrogen-bond donors (Lipinski definition) is 2. The lowest BCUT2D eigenvalue weighted by molar-refractivity contribution is -0.137. The molecule has 0 saturated carbocycles. The van der Waals surface area contributed by atoms with Crippen molar-refractivity contribution in [1.82, 2.24) is 4.72 Å². The van der Waals surface area contributed by atoms with Crippen molar-refractivity contribution >= 4 is 27.6 Å². The second-order valence-electron chi connectivity index (χ2n) is 6.74. The average Bonchev–Trinajstić information content (AvgIpc) is 2.67. The molecule has 0 fully saturated rings. The molecule has 2 rings (SSSR count). The number of carboxylic acids is 1. The molecule has 1 unspecified atom stereocenters. The third-order valence-electron chi connectivity index (χ3n) is 4.51. The molecule has 0 aliphatic rings. The van der Waals surface area contributed by atoms with Gasteiger partial charge >= 0.3 is 5.97 Å².